The van der Waals surface area contributed by atoms with Gasteiger partial charge in [-0.2, -0.15) is 0 Å². The average molecular weight is 365 g/mol. The number of allylic oxidation sites excluding steroid dienone is 2. The second-order valence-corrected chi connectivity index (χ2v) is 8.18. The smallest absolute Gasteiger partial charge is 0.306 e. The molecule has 1 aliphatic heterocycles. The Labute approximate surface area is 156 Å². The van der Waals surface area contributed by atoms with E-state index in [9.17, 15) is 14.4 Å². The lowest BCUT2D eigenvalue weighted by atomic mass is 9.81. The fourth-order valence-corrected chi connectivity index (χ4v) is 4.37. The molecule has 3 atom stereocenters. The maximum absolute atomic E-state index is 12.7. The molecule has 2 fully saturated rings. The number of aliphatic carboxylic acids is 1. The summed E-state index contributed by atoms with van der Waals surface area (Å²) in [6.07, 6.45) is 8.40. The SMILES string of the molecule is [3H]CC1(COC(=O)CCC(=O)O)CCN(C(=O)CC2CC3C=CC2C3)CC1. The number of carbonyl (C=O) groups excluding carboxylic acids is 2. The lowest BCUT2D eigenvalue weighted by Gasteiger charge is -2.39. The molecule has 0 spiro atoms. The normalized spacial score (nSPS) is 29.5. The van der Waals surface area contributed by atoms with Crippen LogP contribution in [0.3, 0.4) is 0 Å². The van der Waals surface area contributed by atoms with E-state index in [1.54, 1.807) is 0 Å². The van der Waals surface area contributed by atoms with Crippen molar-refractivity contribution in [3.8, 4) is 0 Å². The molecule has 1 saturated heterocycles. The Bertz CT molecular complexity index is 611. The highest BCUT2D eigenvalue weighted by Gasteiger charge is 2.38. The molecule has 0 aromatic carbocycles. The van der Waals surface area contributed by atoms with Crippen LogP contribution < -0.4 is 0 Å². The molecule has 6 heteroatoms. The van der Waals surface area contributed by atoms with Gasteiger partial charge in [0.25, 0.3) is 0 Å². The van der Waals surface area contributed by atoms with Gasteiger partial charge in [-0.25, -0.2) is 0 Å². The second kappa shape index (κ2) is 7.80. The second-order valence-electron chi connectivity index (χ2n) is 8.18. The van der Waals surface area contributed by atoms with Crippen LogP contribution in [0.2, 0.25) is 0 Å². The van der Waals surface area contributed by atoms with E-state index in [1.807, 2.05) is 4.90 Å². The van der Waals surface area contributed by atoms with Gasteiger partial charge in [0.2, 0.25) is 5.91 Å². The van der Waals surface area contributed by atoms with Crippen molar-refractivity contribution >= 4 is 17.8 Å². The number of piperidine rings is 1. The van der Waals surface area contributed by atoms with Crippen molar-refractivity contribution in [2.75, 3.05) is 19.7 Å². The molecule has 2 bridgehead atoms. The minimum atomic E-state index is -1.03. The molecule has 1 N–H and O–H groups in total. The number of nitrogens with zero attached hydrogens (tertiary/aromatic N) is 1. The Morgan fingerprint density at radius 1 is 1.23 bits per heavy atom. The first kappa shape index (κ1) is 17.6. The summed E-state index contributed by atoms with van der Waals surface area (Å²) < 4.78 is 13.1. The van der Waals surface area contributed by atoms with E-state index in [2.05, 4.69) is 12.2 Å². The van der Waals surface area contributed by atoms with Crippen LogP contribution in [-0.2, 0) is 19.1 Å². The number of rotatable bonds is 7. The number of carboxylic acid groups (broad SMARTS) is 1. The molecule has 1 heterocycles. The summed E-state index contributed by atoms with van der Waals surface area (Å²) in [6.45, 7) is 1.47. The zero-order valence-electron chi connectivity index (χ0n) is 16.2. The topological polar surface area (TPSA) is 83.9 Å². The van der Waals surface area contributed by atoms with Crippen LogP contribution in [-0.4, -0.2) is 47.5 Å². The number of esters is 1. The van der Waals surface area contributed by atoms with Gasteiger partial charge in [0.05, 0.1) is 19.4 Å². The Morgan fingerprint density at radius 3 is 2.58 bits per heavy atom. The zero-order valence-corrected chi connectivity index (χ0v) is 15.2. The fourth-order valence-electron chi connectivity index (χ4n) is 4.37. The quantitative estimate of drug-likeness (QED) is 0.554. The van der Waals surface area contributed by atoms with E-state index in [0.29, 0.717) is 50.1 Å². The number of hydrogen-bond donors (Lipinski definition) is 1. The third-order valence-electron chi connectivity index (χ3n) is 6.11. The molecule has 3 aliphatic rings. The van der Waals surface area contributed by atoms with Gasteiger partial charge in [0, 0.05) is 26.3 Å². The zero-order chi connectivity index (χ0) is 19.4. The van der Waals surface area contributed by atoms with E-state index in [0.717, 1.165) is 6.42 Å². The third-order valence-corrected chi connectivity index (χ3v) is 6.11. The molecule has 3 rings (SSSR count). The number of hydrogen-bond acceptors (Lipinski definition) is 4. The van der Waals surface area contributed by atoms with E-state index in [-0.39, 0.29) is 32.3 Å². The lowest BCUT2D eigenvalue weighted by Crippen LogP contribution is -2.44. The Kier molecular flexibility index (Phi) is 5.27. The highest BCUT2D eigenvalue weighted by molar-refractivity contribution is 5.77. The predicted molar refractivity (Wildman–Crippen MR) is 95.2 cm³/mol. The molecule has 144 valence electrons. The minimum absolute atomic E-state index is 0.133. The van der Waals surface area contributed by atoms with Gasteiger partial charge in [-0.05, 0) is 43.4 Å². The van der Waals surface area contributed by atoms with Crippen LogP contribution in [0.5, 0.6) is 0 Å². The van der Waals surface area contributed by atoms with Gasteiger partial charge in [0.15, 0.2) is 0 Å². The molecule has 2 aliphatic carbocycles. The van der Waals surface area contributed by atoms with Gasteiger partial charge in [-0.1, -0.05) is 19.1 Å². The van der Waals surface area contributed by atoms with Crippen molar-refractivity contribution in [1.29, 1.82) is 0 Å². The van der Waals surface area contributed by atoms with Gasteiger partial charge in [-0.3, -0.25) is 14.4 Å². The Morgan fingerprint density at radius 2 is 2.00 bits per heavy atom. The number of amides is 1. The lowest BCUT2D eigenvalue weighted by molar-refractivity contribution is -0.152. The fraction of sp³-hybridized carbons (Fsp3) is 0.750. The predicted octanol–water partition coefficient (Wildman–Crippen LogP) is 2.63. The first-order valence-electron chi connectivity index (χ1n) is 10.2. The minimum Gasteiger partial charge on any atom is -0.481 e. The monoisotopic (exact) mass is 365 g/mol. The molecule has 1 amide bonds. The van der Waals surface area contributed by atoms with E-state index in [4.69, 9.17) is 11.2 Å². The van der Waals surface area contributed by atoms with Crippen molar-refractivity contribution in [1.82, 2.24) is 4.90 Å². The van der Waals surface area contributed by atoms with Crippen LogP contribution in [0.1, 0.15) is 53.2 Å². The number of fused-ring (bicyclic) bond motifs is 2. The third kappa shape index (κ3) is 4.65. The number of carbonyl (C=O) groups is 3. The van der Waals surface area contributed by atoms with E-state index in [1.165, 1.54) is 6.42 Å². The van der Waals surface area contributed by atoms with Gasteiger partial charge < -0.3 is 14.7 Å². The van der Waals surface area contributed by atoms with Crippen LogP contribution in [0, 0.1) is 23.2 Å². The van der Waals surface area contributed by atoms with Gasteiger partial charge >= 0.3 is 11.9 Å². The van der Waals surface area contributed by atoms with E-state index < -0.39 is 17.4 Å². The summed E-state index contributed by atoms with van der Waals surface area (Å²) in [4.78, 5) is 36.7. The van der Waals surface area contributed by atoms with Crippen molar-refractivity contribution in [2.45, 2.75) is 51.8 Å². The number of carboxylic acids is 1. The summed E-state index contributed by atoms with van der Waals surface area (Å²) in [5.41, 5.74) is -0.426. The average Bonchev–Trinajstić information content (AvgIpc) is 3.28. The molecule has 3 unspecified atom stereocenters. The van der Waals surface area contributed by atoms with Crippen LogP contribution >= 0.6 is 0 Å². The standard InChI is InChI=1S/C20H29NO5/c1-20(13-26-19(25)5-4-18(23)24)6-8-21(9-7-20)17(22)12-16-11-14-2-3-15(16)10-14/h2-3,14-16H,4-13H2,1H3,(H,23,24)/i1T. The van der Waals surface area contributed by atoms with Crippen molar-refractivity contribution in [2.24, 2.45) is 23.2 Å². The molecule has 6 nitrogen and oxygen atoms in total. The summed E-state index contributed by atoms with van der Waals surface area (Å²) >= 11 is 0. The highest BCUT2D eigenvalue weighted by Crippen LogP contribution is 2.45. The largest absolute Gasteiger partial charge is 0.481 e. The van der Waals surface area contributed by atoms with Crippen molar-refractivity contribution < 1.29 is 25.6 Å². The maximum atomic E-state index is 12.7. The molecule has 0 aromatic rings. The number of likely N-dealkylation sites (tertiary alicyclic amines) is 1. The van der Waals surface area contributed by atoms with Crippen LogP contribution in [0.25, 0.3) is 0 Å². The van der Waals surface area contributed by atoms with Gasteiger partial charge in [-0.15, -0.1) is 0 Å². The molecular weight excluding hydrogens is 334 g/mol. The Balaban J connectivity index is 1.43. The summed E-state index contributed by atoms with van der Waals surface area (Å²) in [5.74, 6) is 0.360. The first-order chi connectivity index (χ1) is 12.9. The van der Waals surface area contributed by atoms with E-state index >= 15 is 0 Å². The molecule has 0 radical (unpaired) electrons. The summed E-state index contributed by atoms with van der Waals surface area (Å²) in [7, 11) is 0. The number of ether oxygens (including phenoxy) is 1. The molecule has 26 heavy (non-hydrogen) atoms. The summed E-state index contributed by atoms with van der Waals surface area (Å²) in [5, 5.41) is 8.61. The molecule has 0 aromatic heterocycles. The maximum Gasteiger partial charge on any atom is 0.306 e. The van der Waals surface area contributed by atoms with Crippen LogP contribution in [0.4, 0.5) is 0 Å². The first-order valence-corrected chi connectivity index (χ1v) is 9.53. The summed E-state index contributed by atoms with van der Waals surface area (Å²) in [6, 6.07) is 0. The highest BCUT2D eigenvalue weighted by atomic mass is 16.5. The van der Waals surface area contributed by atoms with Crippen LogP contribution in [0.15, 0.2) is 12.2 Å². The van der Waals surface area contributed by atoms with Crippen molar-refractivity contribution in [3.63, 3.8) is 0 Å². The Hall–Kier alpha value is -1.85. The van der Waals surface area contributed by atoms with Gasteiger partial charge in [0.1, 0.15) is 0 Å². The molecule has 1 saturated carbocycles. The van der Waals surface area contributed by atoms with Crippen molar-refractivity contribution in [3.05, 3.63) is 12.2 Å². The molecular formula is C20H29NO5.